The lowest BCUT2D eigenvalue weighted by atomic mass is 9.88. The molecule has 2 aliphatic rings. The Morgan fingerprint density at radius 3 is 2.68 bits per heavy atom. The summed E-state index contributed by atoms with van der Waals surface area (Å²) in [6.07, 6.45) is 5.75. The van der Waals surface area contributed by atoms with E-state index in [1.54, 1.807) is 6.07 Å². The van der Waals surface area contributed by atoms with E-state index in [0.29, 0.717) is 22.2 Å². The molecule has 164 valence electrons. The van der Waals surface area contributed by atoms with Crippen molar-refractivity contribution in [3.05, 3.63) is 49.9 Å². The highest BCUT2D eigenvalue weighted by molar-refractivity contribution is 7.17. The standard InChI is InChI=1S/C22H26N4O4S/c1-13-5-7-15-18(11-13)31-22(19(15)20(23)27)24-21(28)16-12-14(26(29)30)6-8-17(16)25-9-3-2-4-10-25/h6,8,12-13H,2-5,7,9-11H2,1H3,(H2,23,27)(H,24,28)/t13-/m0/s1. The van der Waals surface area contributed by atoms with Gasteiger partial charge < -0.3 is 16.0 Å². The van der Waals surface area contributed by atoms with Gasteiger partial charge in [-0.15, -0.1) is 11.3 Å². The second-order valence-electron chi connectivity index (χ2n) is 8.38. The van der Waals surface area contributed by atoms with E-state index in [1.807, 2.05) is 0 Å². The first-order valence-electron chi connectivity index (χ1n) is 10.6. The molecule has 1 aliphatic heterocycles. The fourth-order valence-electron chi connectivity index (χ4n) is 4.50. The molecule has 1 saturated heterocycles. The summed E-state index contributed by atoms with van der Waals surface area (Å²) in [4.78, 5) is 39.5. The number of nitrogens with one attached hydrogen (secondary N) is 1. The summed E-state index contributed by atoms with van der Waals surface area (Å²) in [5.74, 6) is -0.506. The van der Waals surface area contributed by atoms with Gasteiger partial charge in [0, 0.05) is 30.1 Å². The second kappa shape index (κ2) is 8.66. The van der Waals surface area contributed by atoms with Crippen LogP contribution in [-0.2, 0) is 12.8 Å². The topological polar surface area (TPSA) is 119 Å². The van der Waals surface area contributed by atoms with Crippen LogP contribution < -0.4 is 16.0 Å². The Kier molecular flexibility index (Phi) is 5.95. The Bertz CT molecular complexity index is 1040. The molecule has 31 heavy (non-hydrogen) atoms. The lowest BCUT2D eigenvalue weighted by molar-refractivity contribution is -0.384. The van der Waals surface area contributed by atoms with Gasteiger partial charge in [0.05, 0.1) is 21.7 Å². The monoisotopic (exact) mass is 442 g/mol. The van der Waals surface area contributed by atoms with Crippen LogP contribution in [0.25, 0.3) is 0 Å². The van der Waals surface area contributed by atoms with E-state index in [2.05, 4.69) is 17.1 Å². The largest absolute Gasteiger partial charge is 0.371 e. The molecule has 9 heteroatoms. The van der Waals surface area contributed by atoms with E-state index in [-0.39, 0.29) is 11.3 Å². The van der Waals surface area contributed by atoms with Crippen molar-refractivity contribution >= 4 is 39.5 Å². The van der Waals surface area contributed by atoms with Gasteiger partial charge in [-0.3, -0.25) is 19.7 Å². The Morgan fingerprint density at radius 2 is 2.00 bits per heavy atom. The second-order valence-corrected chi connectivity index (χ2v) is 9.49. The lowest BCUT2D eigenvalue weighted by Gasteiger charge is -2.30. The first-order chi connectivity index (χ1) is 14.8. The fraction of sp³-hybridized carbons (Fsp3) is 0.455. The van der Waals surface area contributed by atoms with Crippen LogP contribution in [0.15, 0.2) is 18.2 Å². The van der Waals surface area contributed by atoms with Gasteiger partial charge in [-0.2, -0.15) is 0 Å². The SMILES string of the molecule is C[C@H]1CCc2c(sc(NC(=O)c3cc([N+](=O)[O-])ccc3N3CCCCC3)c2C(N)=O)C1. The molecule has 2 heterocycles. The first-order valence-corrected chi connectivity index (χ1v) is 11.5. The third-order valence-corrected chi connectivity index (χ3v) is 7.29. The zero-order chi connectivity index (χ0) is 22.1. The number of carbonyl (C=O) groups excluding carboxylic acids is 2. The maximum Gasteiger partial charge on any atom is 0.270 e. The fourth-order valence-corrected chi connectivity index (χ4v) is 5.91. The summed E-state index contributed by atoms with van der Waals surface area (Å²) >= 11 is 1.39. The van der Waals surface area contributed by atoms with Crippen LogP contribution in [0, 0.1) is 16.0 Å². The van der Waals surface area contributed by atoms with Crippen LogP contribution in [0.3, 0.4) is 0 Å². The van der Waals surface area contributed by atoms with Crippen molar-refractivity contribution in [2.24, 2.45) is 11.7 Å². The average Bonchev–Trinajstić information content (AvgIpc) is 3.10. The van der Waals surface area contributed by atoms with Gasteiger partial charge in [0.2, 0.25) is 0 Å². The maximum atomic E-state index is 13.3. The number of thiophene rings is 1. The quantitative estimate of drug-likeness (QED) is 0.533. The van der Waals surface area contributed by atoms with Crippen LogP contribution in [0.4, 0.5) is 16.4 Å². The highest BCUT2D eigenvalue weighted by Gasteiger charge is 2.29. The van der Waals surface area contributed by atoms with Crippen LogP contribution in [0.2, 0.25) is 0 Å². The van der Waals surface area contributed by atoms with Crippen LogP contribution >= 0.6 is 11.3 Å². The average molecular weight is 443 g/mol. The minimum atomic E-state index is -0.558. The molecular weight excluding hydrogens is 416 g/mol. The minimum absolute atomic E-state index is 0.139. The number of nitro benzene ring substituents is 1. The van der Waals surface area contributed by atoms with E-state index >= 15 is 0 Å². The number of primary amides is 1. The number of piperidine rings is 1. The predicted molar refractivity (Wildman–Crippen MR) is 121 cm³/mol. The normalized spacial score (nSPS) is 18.4. The van der Waals surface area contributed by atoms with Crippen LogP contribution in [0.5, 0.6) is 0 Å². The van der Waals surface area contributed by atoms with Crippen molar-refractivity contribution in [2.75, 3.05) is 23.3 Å². The van der Waals surface area contributed by atoms with E-state index in [4.69, 9.17) is 5.73 Å². The molecule has 0 spiro atoms. The Balaban J connectivity index is 1.71. The van der Waals surface area contributed by atoms with Gasteiger partial charge in [0.25, 0.3) is 17.5 Å². The maximum absolute atomic E-state index is 13.3. The molecule has 0 bridgehead atoms. The van der Waals surface area contributed by atoms with Gasteiger partial charge in [-0.25, -0.2) is 0 Å². The van der Waals surface area contributed by atoms with Crippen LogP contribution in [0.1, 0.15) is 63.8 Å². The summed E-state index contributed by atoms with van der Waals surface area (Å²) in [6, 6.07) is 4.40. The zero-order valence-electron chi connectivity index (χ0n) is 17.5. The number of hydrogen-bond acceptors (Lipinski definition) is 6. The Labute approximate surface area is 184 Å². The van der Waals surface area contributed by atoms with Gasteiger partial charge in [0.15, 0.2) is 0 Å². The molecule has 8 nitrogen and oxygen atoms in total. The summed E-state index contributed by atoms with van der Waals surface area (Å²) in [5.41, 5.74) is 7.76. The minimum Gasteiger partial charge on any atom is -0.371 e. The number of benzene rings is 1. The van der Waals surface area contributed by atoms with Gasteiger partial charge in [-0.1, -0.05) is 6.92 Å². The van der Waals surface area contributed by atoms with Crippen molar-refractivity contribution in [1.29, 1.82) is 0 Å². The highest BCUT2D eigenvalue weighted by Crippen LogP contribution is 2.40. The highest BCUT2D eigenvalue weighted by atomic mass is 32.1. The molecule has 1 atom stereocenters. The number of carbonyl (C=O) groups is 2. The number of amides is 2. The number of rotatable bonds is 5. The number of nitrogens with zero attached hydrogens (tertiary/aromatic N) is 2. The number of hydrogen-bond donors (Lipinski definition) is 2. The summed E-state index contributed by atoms with van der Waals surface area (Å²) in [6.45, 7) is 3.77. The number of non-ortho nitro benzene ring substituents is 1. The summed E-state index contributed by atoms with van der Waals surface area (Å²) in [5, 5.41) is 14.6. The smallest absolute Gasteiger partial charge is 0.270 e. The number of anilines is 2. The van der Waals surface area contributed by atoms with Crippen molar-refractivity contribution in [3.8, 4) is 0 Å². The molecule has 0 saturated carbocycles. The molecule has 1 aliphatic carbocycles. The van der Waals surface area contributed by atoms with Crippen molar-refractivity contribution < 1.29 is 14.5 Å². The Hall–Kier alpha value is -2.94. The van der Waals surface area contributed by atoms with Crippen molar-refractivity contribution in [1.82, 2.24) is 0 Å². The third kappa shape index (κ3) is 4.27. The Morgan fingerprint density at radius 1 is 1.26 bits per heavy atom. The van der Waals surface area contributed by atoms with E-state index in [0.717, 1.165) is 62.1 Å². The molecule has 2 amide bonds. The summed E-state index contributed by atoms with van der Waals surface area (Å²) < 4.78 is 0. The molecular formula is C22H26N4O4S. The number of nitro groups is 1. The molecule has 1 fully saturated rings. The number of nitrogens with two attached hydrogens (primary N) is 1. The first kappa shape index (κ1) is 21.3. The molecule has 2 aromatic rings. The molecule has 4 rings (SSSR count). The molecule has 1 aromatic carbocycles. The third-order valence-electron chi connectivity index (χ3n) is 6.12. The van der Waals surface area contributed by atoms with Gasteiger partial charge in [-0.05, 0) is 56.1 Å². The number of fused-ring (bicyclic) bond motifs is 1. The van der Waals surface area contributed by atoms with E-state index in [1.165, 1.54) is 23.5 Å². The van der Waals surface area contributed by atoms with Gasteiger partial charge >= 0.3 is 0 Å². The molecule has 0 unspecified atom stereocenters. The molecule has 3 N–H and O–H groups in total. The van der Waals surface area contributed by atoms with E-state index < -0.39 is 16.7 Å². The van der Waals surface area contributed by atoms with Gasteiger partial charge in [0.1, 0.15) is 5.00 Å². The summed E-state index contributed by atoms with van der Waals surface area (Å²) in [7, 11) is 0. The van der Waals surface area contributed by atoms with E-state index in [9.17, 15) is 19.7 Å². The predicted octanol–water partition coefficient (Wildman–Crippen LogP) is 4.12. The molecule has 0 radical (unpaired) electrons. The van der Waals surface area contributed by atoms with Crippen LogP contribution in [-0.4, -0.2) is 29.8 Å². The molecule has 1 aromatic heterocycles. The lowest BCUT2D eigenvalue weighted by Crippen LogP contribution is -2.31. The zero-order valence-corrected chi connectivity index (χ0v) is 18.3. The van der Waals surface area contributed by atoms with Crippen molar-refractivity contribution in [2.45, 2.75) is 45.4 Å². The van der Waals surface area contributed by atoms with Crippen molar-refractivity contribution in [3.63, 3.8) is 0 Å².